The number of piperidine rings is 1. The SMILES string of the molecule is CCc1cc(C(F)(F)F)c2c([C@@H]3CCCN(C(=O)C[C@@H](C)n4cccn4)C3)noc2n1. The molecule has 3 aromatic rings. The van der Waals surface area contributed by atoms with Gasteiger partial charge in [-0.3, -0.25) is 9.48 Å². The first-order chi connectivity index (χ1) is 14.8. The number of hydrogen-bond acceptors (Lipinski definition) is 5. The van der Waals surface area contributed by atoms with Gasteiger partial charge >= 0.3 is 6.18 Å². The number of halogens is 3. The second-order valence-electron chi connectivity index (χ2n) is 7.98. The van der Waals surface area contributed by atoms with Crippen molar-refractivity contribution in [2.24, 2.45) is 0 Å². The molecule has 10 heteroatoms. The highest BCUT2D eigenvalue weighted by Gasteiger charge is 2.38. The highest BCUT2D eigenvalue weighted by Crippen LogP contribution is 2.40. The lowest BCUT2D eigenvalue weighted by Gasteiger charge is -2.32. The van der Waals surface area contributed by atoms with Gasteiger partial charge in [0.2, 0.25) is 5.91 Å². The summed E-state index contributed by atoms with van der Waals surface area (Å²) in [5.74, 6) is -0.391. The van der Waals surface area contributed by atoms with Gasteiger partial charge in [-0.05, 0) is 38.3 Å². The van der Waals surface area contributed by atoms with Gasteiger partial charge in [0.25, 0.3) is 5.71 Å². The number of carbonyl (C=O) groups is 1. The summed E-state index contributed by atoms with van der Waals surface area (Å²) in [7, 11) is 0. The molecule has 31 heavy (non-hydrogen) atoms. The van der Waals surface area contributed by atoms with Crippen LogP contribution in [-0.4, -0.2) is 43.8 Å². The fraction of sp³-hybridized carbons (Fsp3) is 0.524. The smallest absolute Gasteiger partial charge is 0.342 e. The number of hydrogen-bond donors (Lipinski definition) is 0. The Bertz CT molecular complexity index is 1060. The molecule has 1 aliphatic rings. The van der Waals surface area contributed by atoms with Gasteiger partial charge in [0, 0.05) is 43.5 Å². The zero-order valence-corrected chi connectivity index (χ0v) is 17.4. The summed E-state index contributed by atoms with van der Waals surface area (Å²) in [6.45, 7) is 4.52. The van der Waals surface area contributed by atoms with Crippen LogP contribution in [0.2, 0.25) is 0 Å². The maximum atomic E-state index is 13.8. The molecule has 0 N–H and O–H groups in total. The van der Waals surface area contributed by atoms with Crippen molar-refractivity contribution in [1.29, 1.82) is 0 Å². The van der Waals surface area contributed by atoms with E-state index in [0.29, 0.717) is 38.0 Å². The summed E-state index contributed by atoms with van der Waals surface area (Å²) in [5, 5.41) is 8.05. The highest BCUT2D eigenvalue weighted by atomic mass is 19.4. The van der Waals surface area contributed by atoms with Crippen molar-refractivity contribution in [2.75, 3.05) is 13.1 Å². The molecule has 4 heterocycles. The van der Waals surface area contributed by atoms with Crippen molar-refractivity contribution in [3.05, 3.63) is 41.5 Å². The van der Waals surface area contributed by atoms with Crippen molar-refractivity contribution >= 4 is 17.0 Å². The molecule has 1 amide bonds. The van der Waals surface area contributed by atoms with Crippen LogP contribution in [0.3, 0.4) is 0 Å². The Labute approximate surface area is 177 Å². The van der Waals surface area contributed by atoms with Crippen LogP contribution in [0.1, 0.15) is 62.0 Å². The Morgan fingerprint density at radius 3 is 2.87 bits per heavy atom. The van der Waals surface area contributed by atoms with Crippen molar-refractivity contribution in [1.82, 2.24) is 24.8 Å². The van der Waals surface area contributed by atoms with E-state index in [1.807, 2.05) is 6.92 Å². The molecule has 166 valence electrons. The van der Waals surface area contributed by atoms with E-state index in [-0.39, 0.29) is 41.1 Å². The van der Waals surface area contributed by atoms with E-state index in [1.54, 1.807) is 35.0 Å². The molecule has 0 radical (unpaired) electrons. The number of aryl methyl sites for hydroxylation is 1. The van der Waals surface area contributed by atoms with Gasteiger partial charge < -0.3 is 9.42 Å². The lowest BCUT2D eigenvalue weighted by atomic mass is 9.91. The maximum Gasteiger partial charge on any atom is 0.417 e. The van der Waals surface area contributed by atoms with E-state index < -0.39 is 11.7 Å². The second-order valence-corrected chi connectivity index (χ2v) is 7.98. The summed E-state index contributed by atoms with van der Waals surface area (Å²) < 4.78 is 48.2. The molecule has 0 spiro atoms. The average molecular weight is 435 g/mol. The van der Waals surface area contributed by atoms with Crippen LogP contribution in [0.4, 0.5) is 13.2 Å². The van der Waals surface area contributed by atoms with Gasteiger partial charge in [0.15, 0.2) is 0 Å². The number of nitrogens with zero attached hydrogens (tertiary/aromatic N) is 5. The summed E-state index contributed by atoms with van der Waals surface area (Å²) >= 11 is 0. The van der Waals surface area contributed by atoms with Crippen LogP contribution in [0.15, 0.2) is 29.0 Å². The van der Waals surface area contributed by atoms with Crippen LogP contribution in [0.5, 0.6) is 0 Å². The zero-order valence-electron chi connectivity index (χ0n) is 17.4. The van der Waals surface area contributed by atoms with Crippen LogP contribution >= 0.6 is 0 Å². The number of amides is 1. The Morgan fingerprint density at radius 2 is 2.19 bits per heavy atom. The molecule has 0 aromatic carbocycles. The monoisotopic (exact) mass is 435 g/mol. The topological polar surface area (TPSA) is 77.0 Å². The predicted octanol–water partition coefficient (Wildman–Crippen LogP) is 4.36. The van der Waals surface area contributed by atoms with E-state index in [4.69, 9.17) is 4.52 Å². The van der Waals surface area contributed by atoms with Crippen molar-refractivity contribution < 1.29 is 22.5 Å². The predicted molar refractivity (Wildman–Crippen MR) is 106 cm³/mol. The molecular weight excluding hydrogens is 411 g/mol. The standard InChI is InChI=1S/C21H24F3N5O2/c1-3-15-11-16(21(22,23)24)18-19(27-31-20(18)26-15)14-6-4-8-28(12-14)17(30)10-13(2)29-9-5-7-25-29/h5,7,9,11,13-14H,3-4,6,8,10,12H2,1-2H3/t13-,14-/m1/s1. The molecule has 0 bridgehead atoms. The minimum atomic E-state index is -4.55. The Morgan fingerprint density at radius 1 is 1.39 bits per heavy atom. The van der Waals surface area contributed by atoms with Crippen LogP contribution in [0.25, 0.3) is 11.1 Å². The quantitative estimate of drug-likeness (QED) is 0.595. The third-order valence-electron chi connectivity index (χ3n) is 5.80. The third-order valence-corrected chi connectivity index (χ3v) is 5.80. The van der Waals surface area contributed by atoms with E-state index in [0.717, 1.165) is 6.07 Å². The molecule has 7 nitrogen and oxygen atoms in total. The van der Waals surface area contributed by atoms with Crippen LogP contribution in [-0.2, 0) is 17.4 Å². The number of rotatable bonds is 5. The molecule has 2 atom stereocenters. The first kappa shape index (κ1) is 21.3. The van der Waals surface area contributed by atoms with E-state index >= 15 is 0 Å². The number of pyridine rings is 1. The van der Waals surface area contributed by atoms with E-state index in [9.17, 15) is 18.0 Å². The van der Waals surface area contributed by atoms with Gasteiger partial charge in [0.1, 0.15) is 0 Å². The Kier molecular flexibility index (Phi) is 5.72. The summed E-state index contributed by atoms with van der Waals surface area (Å²) in [4.78, 5) is 18.7. The zero-order chi connectivity index (χ0) is 22.2. The Hall–Kier alpha value is -2.91. The summed E-state index contributed by atoms with van der Waals surface area (Å²) in [6.07, 6.45) is 0.849. The van der Waals surface area contributed by atoms with E-state index in [1.165, 1.54) is 0 Å². The number of aromatic nitrogens is 4. The first-order valence-corrected chi connectivity index (χ1v) is 10.4. The van der Waals surface area contributed by atoms with Crippen molar-refractivity contribution in [2.45, 2.75) is 57.7 Å². The highest BCUT2D eigenvalue weighted by molar-refractivity contribution is 5.82. The van der Waals surface area contributed by atoms with Crippen molar-refractivity contribution in [3.63, 3.8) is 0 Å². The van der Waals surface area contributed by atoms with Gasteiger partial charge in [-0.2, -0.15) is 18.3 Å². The number of alkyl halides is 3. The molecule has 0 saturated carbocycles. The fourth-order valence-corrected chi connectivity index (χ4v) is 4.15. The molecule has 3 aromatic heterocycles. The molecule has 1 fully saturated rings. The molecule has 1 saturated heterocycles. The molecule has 4 rings (SSSR count). The lowest BCUT2D eigenvalue weighted by Crippen LogP contribution is -2.40. The third kappa shape index (κ3) is 4.28. The number of likely N-dealkylation sites (tertiary alicyclic amines) is 1. The van der Waals surface area contributed by atoms with E-state index in [2.05, 4.69) is 15.2 Å². The number of carbonyl (C=O) groups excluding carboxylic acids is 1. The minimum Gasteiger partial charge on any atom is -0.342 e. The van der Waals surface area contributed by atoms with Gasteiger partial charge in [-0.1, -0.05) is 12.1 Å². The van der Waals surface area contributed by atoms with Gasteiger partial charge in [0.05, 0.1) is 22.7 Å². The molecular formula is C21H24F3N5O2. The normalized spacial score (nSPS) is 18.5. The second kappa shape index (κ2) is 8.32. The summed E-state index contributed by atoms with van der Waals surface area (Å²) in [5.41, 5.74) is -0.343. The largest absolute Gasteiger partial charge is 0.417 e. The van der Waals surface area contributed by atoms with Crippen LogP contribution < -0.4 is 0 Å². The fourth-order valence-electron chi connectivity index (χ4n) is 4.15. The molecule has 0 aliphatic carbocycles. The maximum absolute atomic E-state index is 13.8. The molecule has 0 unspecified atom stereocenters. The van der Waals surface area contributed by atoms with Gasteiger partial charge in [-0.15, -0.1) is 0 Å². The Balaban J connectivity index is 1.59. The van der Waals surface area contributed by atoms with Crippen molar-refractivity contribution in [3.8, 4) is 0 Å². The summed E-state index contributed by atoms with van der Waals surface area (Å²) in [6, 6.07) is 2.76. The average Bonchev–Trinajstić information content (AvgIpc) is 3.42. The molecule has 1 aliphatic heterocycles. The first-order valence-electron chi connectivity index (χ1n) is 10.4. The minimum absolute atomic E-state index is 0.0528. The lowest BCUT2D eigenvalue weighted by molar-refractivity contribution is -0.136. The van der Waals surface area contributed by atoms with Gasteiger partial charge in [-0.25, -0.2) is 4.98 Å². The number of fused-ring (bicyclic) bond motifs is 1. The van der Waals surface area contributed by atoms with Crippen LogP contribution in [0, 0.1) is 0 Å².